The summed E-state index contributed by atoms with van der Waals surface area (Å²) in [6.07, 6.45) is 0.149. The van der Waals surface area contributed by atoms with Gasteiger partial charge < -0.3 is 20.9 Å². The highest BCUT2D eigenvalue weighted by atomic mass is 19.1. The van der Waals surface area contributed by atoms with Gasteiger partial charge in [-0.1, -0.05) is 13.8 Å². The van der Waals surface area contributed by atoms with Crippen LogP contribution in [0.4, 0.5) is 8.78 Å². The minimum atomic E-state index is -0.666. The Kier molecular flexibility index (Phi) is 13.0. The van der Waals surface area contributed by atoms with Crippen LogP contribution in [0.3, 0.4) is 0 Å². The smallest absolute Gasteiger partial charge is 0.234 e. The topological polar surface area (TPSA) is 126 Å². The van der Waals surface area contributed by atoms with Crippen molar-refractivity contribution in [2.24, 2.45) is 11.7 Å². The summed E-state index contributed by atoms with van der Waals surface area (Å²) >= 11 is 0. The number of carbonyl (C=O) groups is 2. The Morgan fingerprint density at radius 1 is 1.00 bits per heavy atom. The first-order valence-corrected chi connectivity index (χ1v) is 14.4. The zero-order valence-electron chi connectivity index (χ0n) is 25.0. The van der Waals surface area contributed by atoms with Crippen molar-refractivity contribution in [1.29, 1.82) is 0 Å². The number of piperazine rings is 1. The number of hydrogen-bond acceptors (Lipinski definition) is 7. The summed E-state index contributed by atoms with van der Waals surface area (Å²) in [6, 6.07) is 13.9. The van der Waals surface area contributed by atoms with Gasteiger partial charge in [0.25, 0.3) is 0 Å². The quantitative estimate of drug-likeness (QED) is 0.292. The number of benzene rings is 2. The molecule has 12 heteroatoms. The van der Waals surface area contributed by atoms with Crippen LogP contribution in [0.15, 0.2) is 54.6 Å². The molecule has 4 rings (SSSR count). The molecule has 1 aliphatic heterocycles. The van der Waals surface area contributed by atoms with E-state index in [1.54, 1.807) is 12.1 Å². The second-order valence-corrected chi connectivity index (χ2v) is 11.0. The van der Waals surface area contributed by atoms with Gasteiger partial charge in [-0.15, -0.1) is 0 Å². The van der Waals surface area contributed by atoms with Crippen LogP contribution in [0.1, 0.15) is 32.2 Å². The van der Waals surface area contributed by atoms with E-state index < -0.39 is 6.10 Å². The van der Waals surface area contributed by atoms with E-state index in [9.17, 15) is 23.5 Å². The fourth-order valence-corrected chi connectivity index (χ4v) is 4.58. The summed E-state index contributed by atoms with van der Waals surface area (Å²) in [5.41, 5.74) is 7.03. The van der Waals surface area contributed by atoms with E-state index >= 15 is 0 Å². The van der Waals surface area contributed by atoms with Gasteiger partial charge in [0.15, 0.2) is 0 Å². The number of β-amino-alcohol motifs (C(OH)–C–C–N with tert-alkyl or cyclic N) is 1. The minimum absolute atomic E-state index is 0.0714. The summed E-state index contributed by atoms with van der Waals surface area (Å²) in [4.78, 5) is 26.1. The lowest BCUT2D eigenvalue weighted by molar-refractivity contribution is -0.123. The molecule has 0 bridgehead atoms. The van der Waals surface area contributed by atoms with Crippen molar-refractivity contribution in [3.05, 3.63) is 77.6 Å². The molecule has 1 fully saturated rings. The second kappa shape index (κ2) is 16.7. The van der Waals surface area contributed by atoms with Crippen LogP contribution in [0.25, 0.3) is 5.69 Å². The number of aromatic nitrogens is 2. The molecule has 1 aromatic heterocycles. The molecule has 1 saturated heterocycles. The van der Waals surface area contributed by atoms with Crippen molar-refractivity contribution in [2.75, 3.05) is 45.9 Å². The molecule has 10 nitrogen and oxygen atoms in total. The predicted molar refractivity (Wildman–Crippen MR) is 160 cm³/mol. The number of nitrogens with one attached hydrogen (secondary N) is 1. The number of carbonyl (C=O) groups excluding carboxylic acids is 2. The Hall–Kier alpha value is -3.87. The van der Waals surface area contributed by atoms with E-state index in [0.29, 0.717) is 31.3 Å². The SMILES string of the molecule is CC(C)Cc1cc(CNC(=O)CN2CCN(C[C@@H](O)COc3ccc(F)cc3)CC2)nn1-c1ccc(F)cc1.CC(N)=O. The number of nitrogens with two attached hydrogens (primary N) is 1. The number of primary amides is 1. The summed E-state index contributed by atoms with van der Waals surface area (Å²) in [5.74, 6) is -0.0902. The van der Waals surface area contributed by atoms with E-state index in [4.69, 9.17) is 4.74 Å². The molecule has 0 spiro atoms. The summed E-state index contributed by atoms with van der Waals surface area (Å²) in [7, 11) is 0. The van der Waals surface area contributed by atoms with Gasteiger partial charge in [-0.2, -0.15) is 5.10 Å². The average molecular weight is 601 g/mol. The lowest BCUT2D eigenvalue weighted by atomic mass is 10.1. The molecular weight excluding hydrogens is 558 g/mol. The number of halogens is 2. The highest BCUT2D eigenvalue weighted by Crippen LogP contribution is 2.17. The number of ether oxygens (including phenoxy) is 1. The molecule has 0 aliphatic carbocycles. The molecule has 1 atom stereocenters. The van der Waals surface area contributed by atoms with Gasteiger partial charge in [-0.3, -0.25) is 19.4 Å². The summed E-state index contributed by atoms with van der Waals surface area (Å²) < 4.78 is 33.7. The third kappa shape index (κ3) is 12.1. The Bertz CT molecular complexity index is 1290. The summed E-state index contributed by atoms with van der Waals surface area (Å²) in [6.45, 7) is 9.69. The van der Waals surface area contributed by atoms with Crippen LogP contribution in [0.2, 0.25) is 0 Å². The first kappa shape index (κ1) is 33.6. The van der Waals surface area contributed by atoms with E-state index in [1.165, 1.54) is 43.3 Å². The largest absolute Gasteiger partial charge is 0.491 e. The van der Waals surface area contributed by atoms with E-state index in [-0.39, 0.29) is 30.1 Å². The van der Waals surface area contributed by atoms with E-state index in [2.05, 4.69) is 39.8 Å². The van der Waals surface area contributed by atoms with Gasteiger partial charge >= 0.3 is 0 Å². The Balaban J connectivity index is 0.00000119. The maximum Gasteiger partial charge on any atom is 0.234 e. The van der Waals surface area contributed by atoms with Crippen LogP contribution in [-0.4, -0.2) is 88.5 Å². The normalized spacial score (nSPS) is 14.6. The van der Waals surface area contributed by atoms with Gasteiger partial charge in [-0.05, 0) is 66.9 Å². The van der Waals surface area contributed by atoms with Crippen LogP contribution < -0.4 is 15.8 Å². The fraction of sp³-hybridized carbons (Fsp3) is 0.452. The standard InChI is InChI=1S/C29H37F2N5O3.C2H5NO/c1-21(2)15-26-16-24(33-36(26)25-7-3-22(30)4-8-25)17-32-29(38)19-35-13-11-34(12-14-35)18-27(37)20-39-28-9-5-23(31)6-10-28;1-2(3)4/h3-10,16,21,27,37H,11-15,17-20H2,1-2H3,(H,32,38);1H3,(H2,3,4)/t27-;/m1./s1. The van der Waals surface area contributed by atoms with Crippen LogP contribution in [0.5, 0.6) is 5.75 Å². The van der Waals surface area contributed by atoms with Gasteiger partial charge in [0.1, 0.15) is 30.1 Å². The first-order valence-electron chi connectivity index (χ1n) is 14.4. The zero-order chi connectivity index (χ0) is 31.4. The number of amides is 2. The molecule has 4 N–H and O–H groups in total. The van der Waals surface area contributed by atoms with Crippen molar-refractivity contribution in [2.45, 2.75) is 39.8 Å². The van der Waals surface area contributed by atoms with Crippen molar-refractivity contribution in [3.8, 4) is 11.4 Å². The lowest BCUT2D eigenvalue weighted by Gasteiger charge is -2.35. The molecule has 0 radical (unpaired) electrons. The van der Waals surface area contributed by atoms with Gasteiger partial charge in [0.2, 0.25) is 11.8 Å². The molecule has 1 aliphatic rings. The second-order valence-electron chi connectivity index (χ2n) is 11.0. The molecule has 43 heavy (non-hydrogen) atoms. The van der Waals surface area contributed by atoms with Crippen molar-refractivity contribution < 1.29 is 28.2 Å². The molecule has 3 aromatic rings. The predicted octanol–water partition coefficient (Wildman–Crippen LogP) is 2.51. The van der Waals surface area contributed by atoms with Gasteiger partial charge in [-0.25, -0.2) is 13.5 Å². The number of nitrogens with zero attached hydrogens (tertiary/aromatic N) is 4. The molecule has 2 amide bonds. The van der Waals surface area contributed by atoms with E-state index in [1.807, 2.05) is 10.7 Å². The van der Waals surface area contributed by atoms with Gasteiger partial charge in [0, 0.05) is 45.3 Å². The van der Waals surface area contributed by atoms with Crippen molar-refractivity contribution in [3.63, 3.8) is 0 Å². The molecular formula is C31H42F2N6O4. The monoisotopic (exact) mass is 600 g/mol. The molecule has 0 unspecified atom stereocenters. The number of hydrogen-bond donors (Lipinski definition) is 3. The highest BCUT2D eigenvalue weighted by Gasteiger charge is 2.21. The Morgan fingerprint density at radius 3 is 2.14 bits per heavy atom. The molecule has 0 saturated carbocycles. The highest BCUT2D eigenvalue weighted by molar-refractivity contribution is 5.78. The molecule has 234 valence electrons. The third-order valence-corrected chi connectivity index (χ3v) is 6.55. The van der Waals surface area contributed by atoms with Crippen molar-refractivity contribution >= 4 is 11.8 Å². The lowest BCUT2D eigenvalue weighted by Crippen LogP contribution is -2.51. The fourth-order valence-electron chi connectivity index (χ4n) is 4.58. The minimum Gasteiger partial charge on any atom is -0.491 e. The zero-order valence-corrected chi connectivity index (χ0v) is 25.0. The Labute approximate surface area is 251 Å². The number of aliphatic hydroxyl groups excluding tert-OH is 1. The Morgan fingerprint density at radius 2 is 1.56 bits per heavy atom. The maximum atomic E-state index is 13.4. The number of aliphatic hydroxyl groups is 1. The van der Waals surface area contributed by atoms with E-state index in [0.717, 1.165) is 49.7 Å². The van der Waals surface area contributed by atoms with Crippen LogP contribution >= 0.6 is 0 Å². The first-order chi connectivity index (χ1) is 20.5. The number of rotatable bonds is 12. The molecule has 2 aromatic carbocycles. The molecule has 2 heterocycles. The maximum absolute atomic E-state index is 13.4. The third-order valence-electron chi connectivity index (χ3n) is 6.55. The summed E-state index contributed by atoms with van der Waals surface area (Å²) in [5, 5.41) is 18.0. The average Bonchev–Trinajstić information content (AvgIpc) is 3.34. The van der Waals surface area contributed by atoms with Crippen molar-refractivity contribution in [1.82, 2.24) is 24.9 Å². The van der Waals surface area contributed by atoms with Gasteiger partial charge in [0.05, 0.1) is 24.5 Å². The van der Waals surface area contributed by atoms with Crippen LogP contribution in [0, 0.1) is 17.6 Å². The van der Waals surface area contributed by atoms with Crippen LogP contribution in [-0.2, 0) is 22.6 Å².